The molecule has 6 aromatic rings. The predicted molar refractivity (Wildman–Crippen MR) is 505 cm³/mol. The maximum Gasteiger partial charge on any atom is 0.242 e. The average molecular weight is 1860 g/mol. The Balaban J connectivity index is 1.02. The third-order valence-electron chi connectivity index (χ3n) is 23.7. The van der Waals surface area contributed by atoms with E-state index in [0.717, 1.165) is 52.0 Å². The molecule has 2 heterocycles. The summed E-state index contributed by atoms with van der Waals surface area (Å²) >= 11 is 1.88. The zero-order valence-electron chi connectivity index (χ0n) is 77.8. The lowest BCUT2D eigenvalue weighted by Crippen LogP contribution is -2.54. The van der Waals surface area contributed by atoms with Crippen LogP contribution < -0.4 is 67.3 Å². The first-order valence-corrected chi connectivity index (χ1v) is 46.3. The minimum absolute atomic E-state index is 0.0314. The van der Waals surface area contributed by atoms with Crippen molar-refractivity contribution in [2.45, 2.75) is 114 Å². The number of amides is 13. The number of thioether (sulfide) groups is 1. The molecule has 2 fully saturated rings. The summed E-state index contributed by atoms with van der Waals surface area (Å²) < 4.78 is 32.5. The Labute approximate surface area is 784 Å². The van der Waals surface area contributed by atoms with E-state index >= 15 is 33.6 Å². The number of carbonyl (C=O) groups excluding carboxylic acids is 13. The molecule has 133 heavy (non-hydrogen) atoms. The first kappa shape index (κ1) is 106. The molecule has 2 aliphatic heterocycles. The van der Waals surface area contributed by atoms with Gasteiger partial charge in [-0.15, -0.1) is 0 Å². The van der Waals surface area contributed by atoms with Gasteiger partial charge in [0.05, 0.1) is 102 Å². The van der Waals surface area contributed by atoms with Gasteiger partial charge in [0, 0.05) is 116 Å². The number of fused-ring (bicyclic) bond motifs is 1. The number of rotatable bonds is 60. The van der Waals surface area contributed by atoms with Crippen LogP contribution in [0.15, 0.2) is 146 Å². The summed E-state index contributed by atoms with van der Waals surface area (Å²) in [4.78, 5) is 198. The molecule has 6 aromatic carbocycles. The molecule has 2 saturated heterocycles. The molecule has 35 nitrogen and oxygen atoms in total. The van der Waals surface area contributed by atoms with E-state index in [1.165, 1.54) is 93.7 Å². The van der Waals surface area contributed by atoms with Crippen molar-refractivity contribution in [3.05, 3.63) is 179 Å². The van der Waals surface area contributed by atoms with Crippen LogP contribution in [0.4, 0.5) is 0 Å². The number of hydrogen-bond acceptors (Lipinski definition) is 23. The number of hydrogen-bond donors (Lipinski definition) is 7. The van der Waals surface area contributed by atoms with Crippen LogP contribution in [0, 0.1) is 5.92 Å². The fraction of sp³-hybridized carbons (Fsp3) is 0.495. The largest absolute Gasteiger partial charge is 0.497 e. The smallest absolute Gasteiger partial charge is 0.242 e. The topological polar surface area (TPSA) is 447 Å². The molecular formula is C97H134N16O19S. The van der Waals surface area contributed by atoms with Crippen molar-refractivity contribution in [2.24, 2.45) is 28.9 Å². The molecule has 4 atom stereocenters. The number of nitrogens with two attached hydrogens (primary N) is 4. The van der Waals surface area contributed by atoms with Crippen molar-refractivity contribution in [1.29, 1.82) is 0 Å². The van der Waals surface area contributed by atoms with Gasteiger partial charge in [-0.2, -0.15) is 11.8 Å². The summed E-state index contributed by atoms with van der Waals surface area (Å²) in [5, 5.41) is 9.11. The first-order valence-electron chi connectivity index (χ1n) is 45.3. The number of benzene rings is 6. The highest BCUT2D eigenvalue weighted by atomic mass is 32.2. The van der Waals surface area contributed by atoms with Crippen molar-refractivity contribution in [3.63, 3.8) is 0 Å². The maximum atomic E-state index is 15.6. The van der Waals surface area contributed by atoms with Crippen molar-refractivity contribution in [2.75, 3.05) is 192 Å². The number of ether oxygens (including phenoxy) is 6. The monoisotopic (exact) mass is 1860 g/mol. The van der Waals surface area contributed by atoms with Gasteiger partial charge < -0.3 is 111 Å². The van der Waals surface area contributed by atoms with E-state index < -0.39 is 123 Å². The number of methoxy groups -OCH3 is 6. The molecule has 722 valence electrons. The van der Waals surface area contributed by atoms with Crippen molar-refractivity contribution < 1.29 is 90.8 Å². The highest BCUT2D eigenvalue weighted by molar-refractivity contribution is 8.00. The van der Waals surface area contributed by atoms with E-state index in [0.29, 0.717) is 90.7 Å². The summed E-state index contributed by atoms with van der Waals surface area (Å²) in [6.07, 6.45) is 5.69. The third-order valence-corrected chi connectivity index (χ3v) is 25.2. The fourth-order valence-corrected chi connectivity index (χ4v) is 17.3. The van der Waals surface area contributed by atoms with E-state index in [1.807, 2.05) is 48.2 Å². The Morgan fingerprint density at radius 1 is 0.376 bits per heavy atom. The van der Waals surface area contributed by atoms with Gasteiger partial charge in [0.2, 0.25) is 76.8 Å². The van der Waals surface area contributed by atoms with Gasteiger partial charge in [0.1, 0.15) is 40.5 Å². The Hall–Kier alpha value is -12.5. The highest BCUT2D eigenvalue weighted by Gasteiger charge is 2.43. The Morgan fingerprint density at radius 3 is 0.932 bits per heavy atom. The van der Waals surface area contributed by atoms with Gasteiger partial charge in [-0.1, -0.05) is 79.2 Å². The molecule has 36 heteroatoms. The second-order valence-electron chi connectivity index (χ2n) is 33.0. The first-order chi connectivity index (χ1) is 64.1. The molecule has 0 bridgehead atoms. The van der Waals surface area contributed by atoms with Crippen molar-refractivity contribution in [3.8, 4) is 34.5 Å². The molecule has 0 saturated carbocycles. The summed E-state index contributed by atoms with van der Waals surface area (Å²) in [6, 6.07) is 41.8. The third kappa shape index (κ3) is 35.8. The van der Waals surface area contributed by atoms with Gasteiger partial charge in [0.25, 0.3) is 0 Å². The molecule has 0 spiro atoms. The Bertz CT molecular complexity index is 4730. The normalized spacial score (nSPS) is 13.8. The molecular weight excluding hydrogens is 1730 g/mol. The van der Waals surface area contributed by atoms with Gasteiger partial charge >= 0.3 is 0 Å². The molecule has 0 aromatic heterocycles. The summed E-state index contributed by atoms with van der Waals surface area (Å²) in [6.45, 7) is -4.51. The second-order valence-corrected chi connectivity index (χ2v) is 34.2. The zero-order valence-corrected chi connectivity index (χ0v) is 78.6. The van der Waals surface area contributed by atoms with E-state index in [2.05, 4.69) is 16.0 Å². The average Bonchev–Trinajstić information content (AvgIpc) is 1.66. The maximum absolute atomic E-state index is 15.6. The van der Waals surface area contributed by atoms with E-state index in [-0.39, 0.29) is 141 Å². The fourth-order valence-electron chi connectivity index (χ4n) is 15.6. The van der Waals surface area contributed by atoms with Gasteiger partial charge in [-0.25, -0.2) is 0 Å². The van der Waals surface area contributed by atoms with Crippen LogP contribution in [0.25, 0.3) is 0 Å². The van der Waals surface area contributed by atoms with Crippen molar-refractivity contribution in [1.82, 2.24) is 60.0 Å². The molecule has 13 amide bonds. The number of carbonyl (C=O) groups is 13. The zero-order chi connectivity index (χ0) is 96.1. The van der Waals surface area contributed by atoms with Crippen LogP contribution in [0.3, 0.4) is 0 Å². The molecule has 1 unspecified atom stereocenters. The summed E-state index contributed by atoms with van der Waals surface area (Å²) in [5.41, 5.74) is 28.9. The number of nitrogens with zero attached hydrogens (tertiary/aromatic N) is 9. The molecule has 2 aliphatic rings. The lowest BCUT2D eigenvalue weighted by molar-refractivity contribution is -0.148. The highest BCUT2D eigenvalue weighted by Crippen LogP contribution is 2.39. The van der Waals surface area contributed by atoms with Gasteiger partial charge in [-0.3, -0.25) is 62.3 Å². The standard InChI is InChI=1S/C97H134N16O19S/c1-69(114)105(55-45-98)60-88(118)107(50-40-71-17-29-78(128-3)30-18-71)62-90(120)110(53-43-74-23-35-81(131-6)36-24-74)64-94(124)113(57-47-100)67-93(123)109(52-42-73-21-33-80(130-5)34-22-73)63-91(121)111(54-44-75-25-37-82(132-7)38-26-75)65-95(125)112(56-46-99)66-92(122)108(51-41-72-19-31-79(129-4)32-20-72)61-89(119)106(49-39-70-15-27-77(127-2)28-16-70)59-87(117)103-83(97(101)126)12-10-11-48-102-85(115)14-9-8-13-84-96-76(68-133-84)58-86(116)104-96/h15-38,76,83-84,96H,8-14,39-68,98-100H2,1-7H3,(H2,101,126)(H,102,115)(H,103,117)(H,104,116)/t76-,83+,84?,96-/m1/s1. The molecule has 11 N–H and O–H groups in total. The van der Waals surface area contributed by atoms with E-state index in [1.54, 1.807) is 109 Å². The van der Waals surface area contributed by atoms with Gasteiger partial charge in [-0.05, 0) is 188 Å². The SMILES string of the molecule is COc1ccc(CCN(CC(=O)N[C@@H](CCCCNC(=O)CCCCC2SC[C@H]3CC(=O)N[C@@H]23)C(N)=O)C(=O)CN(CCc2ccc(OC)cc2)C(=O)CN(CCN)C(=O)CN(CCc2ccc(OC)cc2)C(=O)CN(CCc2ccc(OC)cc2)C(=O)CN(CCN)C(=O)CN(CCc2ccc(OC)cc2)C(=O)CN(CCc2ccc(OC)cc2)C(=O)CN(CCN)C(C)=O)cc1. The molecule has 0 aliphatic carbocycles. The Kier molecular flexibility index (Phi) is 44.8. The van der Waals surface area contributed by atoms with Crippen LogP contribution in [-0.2, 0) is 101 Å². The van der Waals surface area contributed by atoms with Crippen LogP contribution in [0.5, 0.6) is 34.5 Å². The van der Waals surface area contributed by atoms with Crippen LogP contribution >= 0.6 is 11.8 Å². The molecule has 8 rings (SSSR count). The minimum Gasteiger partial charge on any atom is -0.497 e. The summed E-state index contributed by atoms with van der Waals surface area (Å²) in [5.74, 6) is -2.50. The predicted octanol–water partition coefficient (Wildman–Crippen LogP) is 3.28. The minimum atomic E-state index is -1.15. The summed E-state index contributed by atoms with van der Waals surface area (Å²) in [7, 11) is 9.16. The second kappa shape index (κ2) is 56.4. The van der Waals surface area contributed by atoms with Crippen LogP contribution in [-0.4, -0.2) is 331 Å². The molecule has 0 radical (unpaired) electrons. The number of unbranched alkanes of at least 4 members (excludes halogenated alkanes) is 2. The lowest BCUT2D eigenvalue weighted by atomic mass is 9.97. The van der Waals surface area contributed by atoms with Gasteiger partial charge in [0.15, 0.2) is 0 Å². The lowest BCUT2D eigenvalue weighted by Gasteiger charge is -2.33. The quantitative estimate of drug-likeness (QED) is 0.0269. The van der Waals surface area contributed by atoms with E-state index in [9.17, 15) is 28.8 Å². The van der Waals surface area contributed by atoms with E-state index in [4.69, 9.17) is 51.4 Å². The van der Waals surface area contributed by atoms with Crippen LogP contribution in [0.1, 0.15) is 91.7 Å². The number of primary amides is 1. The number of nitrogens with one attached hydrogen (secondary N) is 3. The van der Waals surface area contributed by atoms with Crippen molar-refractivity contribution >= 4 is 88.6 Å². The van der Waals surface area contributed by atoms with Crippen LogP contribution in [0.2, 0.25) is 0 Å². The Morgan fingerprint density at radius 2 is 0.654 bits per heavy atom.